The van der Waals surface area contributed by atoms with Gasteiger partial charge in [-0.05, 0) is 67.6 Å². The van der Waals surface area contributed by atoms with Crippen molar-refractivity contribution in [2.75, 3.05) is 13.1 Å². The molecule has 1 aliphatic rings. The largest absolute Gasteiger partial charge is 0.393 e. The molecule has 1 aromatic carbocycles. The molecular weight excluding hydrogens is 380 g/mol. The fourth-order valence-electron chi connectivity index (χ4n) is 4.41. The van der Waals surface area contributed by atoms with Crippen molar-refractivity contribution < 1.29 is 10.0 Å². The molecule has 0 spiro atoms. The molecule has 1 atom stereocenters. The predicted molar refractivity (Wildman–Crippen MR) is 115 cm³/mol. The van der Waals surface area contributed by atoms with Crippen LogP contribution in [0.25, 0.3) is 10.9 Å². The van der Waals surface area contributed by atoms with Crippen molar-refractivity contribution in [3.63, 3.8) is 0 Å². The Balaban J connectivity index is 1.91. The maximum absolute atomic E-state index is 13.3. The molecule has 3 N–H and O–H groups in total. The van der Waals surface area contributed by atoms with Crippen molar-refractivity contribution in [3.8, 4) is 0 Å². The first kappa shape index (κ1) is 20.7. The van der Waals surface area contributed by atoms with Crippen LogP contribution in [0.4, 0.5) is 0 Å². The van der Waals surface area contributed by atoms with E-state index < -0.39 is 0 Å². The van der Waals surface area contributed by atoms with Crippen LogP contribution in [0.2, 0.25) is 0 Å². The highest BCUT2D eigenvalue weighted by Gasteiger charge is 2.38. The number of pyridine rings is 1. The lowest BCUT2D eigenvalue weighted by molar-refractivity contribution is -0.932. The van der Waals surface area contributed by atoms with Crippen LogP contribution in [0.15, 0.2) is 23.0 Å². The molecule has 1 fully saturated rings. The predicted octanol–water partition coefficient (Wildman–Crippen LogP) is 1.02. The first-order valence-electron chi connectivity index (χ1n) is 10.6. The van der Waals surface area contributed by atoms with Gasteiger partial charge in [0.15, 0.2) is 6.04 Å². The fraction of sp³-hybridized carbons (Fsp3) is 0.545. The monoisotopic (exact) mass is 411 g/mol. The first-order chi connectivity index (χ1) is 14.2. The van der Waals surface area contributed by atoms with Gasteiger partial charge in [0.1, 0.15) is 0 Å². The lowest BCUT2D eigenvalue weighted by Crippen LogP contribution is -3.14. The molecule has 1 saturated heterocycles. The van der Waals surface area contributed by atoms with Gasteiger partial charge in [-0.15, -0.1) is 5.10 Å². The number of aliphatic hydroxyl groups is 1. The minimum atomic E-state index is -0.316. The number of aromatic amines is 1. The Kier molecular flexibility index (Phi) is 5.23. The molecule has 3 aromatic rings. The number of hydrogen-bond acceptors (Lipinski definition) is 5. The average molecular weight is 412 g/mol. The number of aliphatic hydroxyl groups excluding tert-OH is 1. The Labute approximate surface area is 175 Å². The van der Waals surface area contributed by atoms with Gasteiger partial charge in [0.25, 0.3) is 5.56 Å². The van der Waals surface area contributed by atoms with E-state index in [1.54, 1.807) is 0 Å². The third-order valence-electron chi connectivity index (χ3n) is 6.28. The second-order valence-electron chi connectivity index (χ2n) is 9.47. The van der Waals surface area contributed by atoms with Gasteiger partial charge in [-0.3, -0.25) is 4.79 Å². The highest BCUT2D eigenvalue weighted by molar-refractivity contribution is 5.83. The molecule has 0 aliphatic carbocycles. The van der Waals surface area contributed by atoms with Crippen molar-refractivity contribution in [3.05, 3.63) is 51.1 Å². The minimum Gasteiger partial charge on any atom is -0.393 e. The highest BCUT2D eigenvalue weighted by Crippen LogP contribution is 2.25. The molecule has 3 heterocycles. The van der Waals surface area contributed by atoms with Gasteiger partial charge >= 0.3 is 0 Å². The van der Waals surface area contributed by atoms with Gasteiger partial charge in [0, 0.05) is 12.8 Å². The van der Waals surface area contributed by atoms with E-state index in [9.17, 15) is 9.90 Å². The quantitative estimate of drug-likeness (QED) is 0.597. The minimum absolute atomic E-state index is 0.108. The number of piperidine rings is 1. The molecule has 1 aliphatic heterocycles. The van der Waals surface area contributed by atoms with E-state index in [2.05, 4.69) is 53.4 Å². The Morgan fingerprint density at radius 1 is 1.23 bits per heavy atom. The topological polar surface area (TPSA) is 101 Å². The molecule has 0 unspecified atom stereocenters. The van der Waals surface area contributed by atoms with Gasteiger partial charge in [-0.25, -0.2) is 4.68 Å². The van der Waals surface area contributed by atoms with E-state index in [-0.39, 0.29) is 23.2 Å². The van der Waals surface area contributed by atoms with Crippen LogP contribution in [-0.4, -0.2) is 49.5 Å². The molecule has 8 heteroatoms. The normalized spacial score (nSPS) is 21.1. The summed E-state index contributed by atoms with van der Waals surface area (Å²) in [4.78, 5) is 17.6. The van der Waals surface area contributed by atoms with Crippen LogP contribution >= 0.6 is 0 Å². The third kappa shape index (κ3) is 3.65. The molecule has 160 valence electrons. The number of benzene rings is 1. The van der Waals surface area contributed by atoms with Gasteiger partial charge in [0.2, 0.25) is 5.82 Å². The van der Waals surface area contributed by atoms with Crippen molar-refractivity contribution in [2.45, 2.75) is 65.1 Å². The number of hydrogen-bond donors (Lipinski definition) is 3. The Morgan fingerprint density at radius 3 is 2.60 bits per heavy atom. The van der Waals surface area contributed by atoms with Gasteiger partial charge in [-0.1, -0.05) is 12.1 Å². The SMILES string of the molecule is Cc1ccc2cc([C@H](c3nnnn3C(C)(C)C)[NH+]3CCC(O)CC3)c(=O)[nH]c2c1C. The summed E-state index contributed by atoms with van der Waals surface area (Å²) in [5.74, 6) is 0.683. The number of quaternary nitrogens is 1. The summed E-state index contributed by atoms with van der Waals surface area (Å²) in [6.07, 6.45) is 1.12. The molecule has 0 bridgehead atoms. The summed E-state index contributed by atoms with van der Waals surface area (Å²) in [7, 11) is 0. The van der Waals surface area contributed by atoms with E-state index in [1.807, 2.05) is 24.6 Å². The molecule has 30 heavy (non-hydrogen) atoms. The van der Waals surface area contributed by atoms with Crippen LogP contribution in [0, 0.1) is 13.8 Å². The smallest absolute Gasteiger partial charge is 0.258 e. The zero-order valence-electron chi connectivity index (χ0n) is 18.4. The van der Waals surface area contributed by atoms with E-state index in [0.717, 1.165) is 35.1 Å². The maximum Gasteiger partial charge on any atom is 0.258 e. The van der Waals surface area contributed by atoms with Crippen LogP contribution in [0.1, 0.15) is 62.2 Å². The number of fused-ring (bicyclic) bond motifs is 1. The number of nitrogens with one attached hydrogen (secondary N) is 2. The van der Waals surface area contributed by atoms with Gasteiger partial charge in [0.05, 0.1) is 35.8 Å². The Morgan fingerprint density at radius 2 is 1.93 bits per heavy atom. The first-order valence-corrected chi connectivity index (χ1v) is 10.6. The second-order valence-corrected chi connectivity index (χ2v) is 9.47. The van der Waals surface area contributed by atoms with Crippen LogP contribution in [-0.2, 0) is 5.54 Å². The maximum atomic E-state index is 13.3. The summed E-state index contributed by atoms with van der Waals surface area (Å²) < 4.78 is 1.82. The van der Waals surface area contributed by atoms with Crippen molar-refractivity contribution in [1.29, 1.82) is 0 Å². The number of aryl methyl sites for hydroxylation is 2. The number of likely N-dealkylation sites (tertiary alicyclic amines) is 1. The van der Waals surface area contributed by atoms with E-state index in [4.69, 9.17) is 0 Å². The van der Waals surface area contributed by atoms with Crippen LogP contribution in [0.3, 0.4) is 0 Å². The number of H-pyrrole nitrogens is 1. The number of tetrazole rings is 1. The van der Waals surface area contributed by atoms with Crippen molar-refractivity contribution >= 4 is 10.9 Å². The van der Waals surface area contributed by atoms with E-state index >= 15 is 0 Å². The van der Waals surface area contributed by atoms with Gasteiger partial charge < -0.3 is 15.0 Å². The number of rotatable bonds is 3. The second kappa shape index (κ2) is 7.59. The molecular formula is C22H31N6O2+. The molecule has 2 aromatic heterocycles. The van der Waals surface area contributed by atoms with Crippen LogP contribution in [0.5, 0.6) is 0 Å². The lowest BCUT2D eigenvalue weighted by atomic mass is 9.97. The van der Waals surface area contributed by atoms with Crippen LogP contribution < -0.4 is 10.5 Å². The zero-order valence-corrected chi connectivity index (χ0v) is 18.4. The zero-order chi connectivity index (χ0) is 21.6. The Bertz CT molecular complexity index is 1120. The van der Waals surface area contributed by atoms with Crippen molar-refractivity contribution in [2.24, 2.45) is 0 Å². The summed E-state index contributed by atoms with van der Waals surface area (Å²) in [5.41, 5.74) is 3.35. The van der Waals surface area contributed by atoms with E-state index in [1.165, 1.54) is 4.90 Å². The lowest BCUT2D eigenvalue weighted by Gasteiger charge is -2.33. The molecule has 8 nitrogen and oxygen atoms in total. The Hall–Kier alpha value is -2.58. The summed E-state index contributed by atoms with van der Waals surface area (Å²) in [6, 6.07) is 5.82. The third-order valence-corrected chi connectivity index (χ3v) is 6.28. The number of aromatic nitrogens is 5. The fourth-order valence-corrected chi connectivity index (χ4v) is 4.41. The van der Waals surface area contributed by atoms with Gasteiger partial charge in [-0.2, -0.15) is 0 Å². The number of nitrogens with zero attached hydrogens (tertiary/aromatic N) is 4. The molecule has 4 rings (SSSR count). The molecule has 0 amide bonds. The highest BCUT2D eigenvalue weighted by atomic mass is 16.3. The summed E-state index contributed by atoms with van der Waals surface area (Å²) >= 11 is 0. The summed E-state index contributed by atoms with van der Waals surface area (Å²) in [5, 5.41) is 23.6. The standard InChI is InChI=1S/C22H30N6O2/c1-13-6-7-15-12-17(21(30)23-18(15)14(13)2)19(27-10-8-16(29)9-11-27)20-24-25-26-28(20)22(3,4)5/h6-7,12,16,19,29H,8-11H2,1-5H3,(H,23,30)/p+1/t19-/m1/s1. The summed E-state index contributed by atoms with van der Waals surface area (Å²) in [6.45, 7) is 11.7. The molecule has 0 saturated carbocycles. The molecule has 0 radical (unpaired) electrons. The average Bonchev–Trinajstić information content (AvgIpc) is 3.17. The van der Waals surface area contributed by atoms with Crippen molar-refractivity contribution in [1.82, 2.24) is 25.2 Å². The van der Waals surface area contributed by atoms with E-state index in [0.29, 0.717) is 24.2 Å².